The monoisotopic (exact) mass is 359 g/mol. The molecule has 2 heterocycles. The molecule has 1 aromatic heterocycles. The molecular weight excluding hydrogens is 342 g/mol. The fraction of sp³-hybridized carbons (Fsp3) is 0.278. The Kier molecular flexibility index (Phi) is 5.31. The Morgan fingerprint density at radius 3 is 2.72 bits per heavy atom. The number of amides is 2. The molecule has 1 aliphatic heterocycles. The van der Waals surface area contributed by atoms with Crippen LogP contribution in [-0.4, -0.2) is 45.5 Å². The van der Waals surface area contributed by atoms with Gasteiger partial charge in [-0.3, -0.25) is 14.6 Å². The molecule has 0 saturated carbocycles. The number of aliphatic hydroxyl groups is 1. The summed E-state index contributed by atoms with van der Waals surface area (Å²) in [5.74, 6) is -0.597. The molecule has 0 aliphatic carbocycles. The normalized spacial score (nSPS) is 19.7. The van der Waals surface area contributed by atoms with Crippen molar-refractivity contribution in [3.63, 3.8) is 0 Å². The smallest absolute Gasteiger partial charge is 0.256 e. The zero-order valence-electron chi connectivity index (χ0n) is 13.4. The third kappa shape index (κ3) is 4.15. The van der Waals surface area contributed by atoms with Crippen molar-refractivity contribution < 1.29 is 14.7 Å². The Morgan fingerprint density at radius 2 is 2.04 bits per heavy atom. The van der Waals surface area contributed by atoms with Crippen molar-refractivity contribution in [3.05, 3.63) is 64.9 Å². The van der Waals surface area contributed by atoms with Gasteiger partial charge in [0.05, 0.1) is 11.7 Å². The highest BCUT2D eigenvalue weighted by Gasteiger charge is 2.39. The van der Waals surface area contributed by atoms with Crippen molar-refractivity contribution in [2.75, 3.05) is 6.54 Å². The minimum atomic E-state index is -0.716. The van der Waals surface area contributed by atoms with Crippen LogP contribution in [0.25, 0.3) is 0 Å². The fourth-order valence-electron chi connectivity index (χ4n) is 2.85. The van der Waals surface area contributed by atoms with Gasteiger partial charge in [0.25, 0.3) is 5.91 Å². The third-order valence-corrected chi connectivity index (χ3v) is 4.38. The predicted molar refractivity (Wildman–Crippen MR) is 93.0 cm³/mol. The number of pyridine rings is 1. The van der Waals surface area contributed by atoms with Crippen molar-refractivity contribution >= 4 is 23.4 Å². The highest BCUT2D eigenvalue weighted by Crippen LogP contribution is 2.21. The van der Waals surface area contributed by atoms with E-state index in [9.17, 15) is 14.7 Å². The molecule has 2 aromatic rings. The molecule has 130 valence electrons. The summed E-state index contributed by atoms with van der Waals surface area (Å²) < 4.78 is 0. The highest BCUT2D eigenvalue weighted by atomic mass is 35.5. The second-order valence-electron chi connectivity index (χ2n) is 5.95. The molecule has 7 heteroatoms. The maximum Gasteiger partial charge on any atom is 0.256 e. The van der Waals surface area contributed by atoms with Crippen LogP contribution in [0.1, 0.15) is 22.3 Å². The quantitative estimate of drug-likeness (QED) is 0.869. The van der Waals surface area contributed by atoms with Crippen LogP contribution in [0, 0.1) is 0 Å². The lowest BCUT2D eigenvalue weighted by Crippen LogP contribution is -2.45. The molecule has 1 fully saturated rings. The van der Waals surface area contributed by atoms with Gasteiger partial charge in [-0.1, -0.05) is 23.7 Å². The standard InChI is InChI=1S/C18H18ClN3O3/c19-14-5-3-12(4-6-14)9-21-17(24)16-8-15(23)11-22(16)18(25)13-2-1-7-20-10-13/h1-7,10,15-16,23H,8-9,11H2,(H,21,24). The average molecular weight is 360 g/mol. The van der Waals surface area contributed by atoms with Gasteiger partial charge < -0.3 is 15.3 Å². The van der Waals surface area contributed by atoms with Crippen LogP contribution in [-0.2, 0) is 11.3 Å². The number of halogens is 1. The van der Waals surface area contributed by atoms with E-state index >= 15 is 0 Å². The van der Waals surface area contributed by atoms with Crippen molar-refractivity contribution in [2.24, 2.45) is 0 Å². The van der Waals surface area contributed by atoms with E-state index < -0.39 is 12.1 Å². The number of likely N-dealkylation sites (tertiary alicyclic amines) is 1. The molecule has 1 aliphatic rings. The number of rotatable bonds is 4. The summed E-state index contributed by atoms with van der Waals surface area (Å²) in [6.45, 7) is 0.463. The van der Waals surface area contributed by atoms with Gasteiger partial charge in [0, 0.05) is 36.9 Å². The van der Waals surface area contributed by atoms with Gasteiger partial charge in [0.2, 0.25) is 5.91 Å². The number of β-amino-alcohol motifs (C(OH)–C–C–N with tert-alkyl or cyclic N) is 1. The maximum absolute atomic E-state index is 12.6. The van der Waals surface area contributed by atoms with Crippen molar-refractivity contribution in [1.82, 2.24) is 15.2 Å². The van der Waals surface area contributed by atoms with E-state index in [0.29, 0.717) is 17.1 Å². The topological polar surface area (TPSA) is 82.5 Å². The zero-order valence-corrected chi connectivity index (χ0v) is 14.2. The van der Waals surface area contributed by atoms with E-state index in [1.165, 1.54) is 11.1 Å². The zero-order chi connectivity index (χ0) is 17.8. The van der Waals surface area contributed by atoms with Gasteiger partial charge in [-0.2, -0.15) is 0 Å². The van der Waals surface area contributed by atoms with Gasteiger partial charge in [-0.25, -0.2) is 0 Å². The van der Waals surface area contributed by atoms with Crippen LogP contribution in [0.15, 0.2) is 48.8 Å². The van der Waals surface area contributed by atoms with Gasteiger partial charge in [-0.15, -0.1) is 0 Å². The van der Waals surface area contributed by atoms with E-state index in [1.807, 2.05) is 12.1 Å². The van der Waals surface area contributed by atoms with Gasteiger partial charge in [0.1, 0.15) is 6.04 Å². The number of hydrogen-bond acceptors (Lipinski definition) is 4. The van der Waals surface area contributed by atoms with Crippen LogP contribution in [0.2, 0.25) is 5.02 Å². The summed E-state index contributed by atoms with van der Waals surface area (Å²) in [5.41, 5.74) is 1.30. The van der Waals surface area contributed by atoms with Crippen molar-refractivity contribution in [3.8, 4) is 0 Å². The molecule has 2 amide bonds. The predicted octanol–water partition coefficient (Wildman–Crippen LogP) is 1.63. The number of aliphatic hydroxyl groups excluding tert-OH is 1. The van der Waals surface area contributed by atoms with Gasteiger partial charge >= 0.3 is 0 Å². The molecule has 0 bridgehead atoms. The molecule has 1 aromatic carbocycles. The number of nitrogens with zero attached hydrogens (tertiary/aromatic N) is 2. The first-order valence-electron chi connectivity index (χ1n) is 7.96. The average Bonchev–Trinajstić information content (AvgIpc) is 3.03. The van der Waals surface area contributed by atoms with Crippen LogP contribution in [0.4, 0.5) is 0 Å². The molecule has 2 atom stereocenters. The number of aromatic nitrogens is 1. The van der Waals surface area contributed by atoms with Crippen LogP contribution in [0.5, 0.6) is 0 Å². The fourth-order valence-corrected chi connectivity index (χ4v) is 2.98. The number of hydrogen-bond donors (Lipinski definition) is 2. The van der Waals surface area contributed by atoms with E-state index in [4.69, 9.17) is 11.6 Å². The first kappa shape index (κ1) is 17.4. The lowest BCUT2D eigenvalue weighted by Gasteiger charge is -2.23. The molecule has 25 heavy (non-hydrogen) atoms. The Hall–Kier alpha value is -2.44. The molecule has 6 nitrogen and oxygen atoms in total. The first-order valence-corrected chi connectivity index (χ1v) is 8.33. The molecule has 2 unspecified atom stereocenters. The lowest BCUT2D eigenvalue weighted by molar-refractivity contribution is -0.125. The minimum Gasteiger partial charge on any atom is -0.391 e. The maximum atomic E-state index is 12.6. The van der Waals surface area contributed by atoms with Crippen molar-refractivity contribution in [2.45, 2.75) is 25.1 Å². The van der Waals surface area contributed by atoms with Crippen LogP contribution < -0.4 is 5.32 Å². The summed E-state index contributed by atoms with van der Waals surface area (Å²) in [4.78, 5) is 30.4. The van der Waals surface area contributed by atoms with E-state index in [0.717, 1.165) is 5.56 Å². The summed E-state index contributed by atoms with van der Waals surface area (Å²) >= 11 is 5.84. The lowest BCUT2D eigenvalue weighted by atomic mass is 10.1. The minimum absolute atomic E-state index is 0.132. The Labute approximate surface area is 150 Å². The molecule has 0 radical (unpaired) electrons. The van der Waals surface area contributed by atoms with Gasteiger partial charge in [0.15, 0.2) is 0 Å². The third-order valence-electron chi connectivity index (χ3n) is 4.13. The molecular formula is C18H18ClN3O3. The Morgan fingerprint density at radius 1 is 1.28 bits per heavy atom. The second-order valence-corrected chi connectivity index (χ2v) is 6.39. The number of carbonyl (C=O) groups is 2. The molecule has 0 spiro atoms. The van der Waals surface area contributed by atoms with Gasteiger partial charge in [-0.05, 0) is 29.8 Å². The number of benzene rings is 1. The summed E-state index contributed by atoms with van der Waals surface area (Å²) in [7, 11) is 0. The summed E-state index contributed by atoms with van der Waals surface area (Å²) in [5, 5.41) is 13.4. The van der Waals surface area contributed by atoms with Crippen LogP contribution >= 0.6 is 11.6 Å². The molecule has 1 saturated heterocycles. The van der Waals surface area contributed by atoms with E-state index in [1.54, 1.807) is 30.5 Å². The largest absolute Gasteiger partial charge is 0.391 e. The van der Waals surface area contributed by atoms with E-state index in [-0.39, 0.29) is 24.8 Å². The number of carbonyl (C=O) groups excluding carboxylic acids is 2. The molecule has 2 N–H and O–H groups in total. The van der Waals surface area contributed by atoms with Crippen molar-refractivity contribution in [1.29, 1.82) is 0 Å². The molecule has 3 rings (SSSR count). The summed E-state index contributed by atoms with van der Waals surface area (Å²) in [6.07, 6.45) is 2.53. The number of nitrogens with one attached hydrogen (secondary N) is 1. The first-order chi connectivity index (χ1) is 12.0. The van der Waals surface area contributed by atoms with E-state index in [2.05, 4.69) is 10.3 Å². The second kappa shape index (κ2) is 7.63. The summed E-state index contributed by atoms with van der Waals surface area (Å²) in [6, 6.07) is 9.75. The SMILES string of the molecule is O=C(NCc1ccc(Cl)cc1)C1CC(O)CN1C(=O)c1cccnc1. The van der Waals surface area contributed by atoms with Crippen LogP contribution in [0.3, 0.4) is 0 Å². The highest BCUT2D eigenvalue weighted by molar-refractivity contribution is 6.30. The Balaban J connectivity index is 1.67. The Bertz CT molecular complexity index is 752.